The minimum absolute atomic E-state index is 0.720. The van der Waals surface area contributed by atoms with Crippen LogP contribution in [0.15, 0.2) is 24.3 Å². The quantitative estimate of drug-likeness (QED) is 0.604. The first-order valence-corrected chi connectivity index (χ1v) is 3.66. The maximum absolute atomic E-state index is 8.60. The largest absolute Gasteiger partial charge is 0.497 e. The Morgan fingerprint density at radius 1 is 1.33 bits per heavy atom. The molecule has 0 atom stereocenters. The van der Waals surface area contributed by atoms with E-state index in [1.165, 1.54) is 0 Å². The molecule has 0 unspecified atom stereocenters. The zero-order chi connectivity index (χ0) is 8.97. The molecule has 0 N–H and O–H groups in total. The van der Waals surface area contributed by atoms with Gasteiger partial charge in [0.15, 0.2) is 0 Å². The van der Waals surface area contributed by atoms with Gasteiger partial charge < -0.3 is 4.74 Å². The van der Waals surface area contributed by atoms with Crippen molar-refractivity contribution >= 4 is 11.4 Å². The molecule has 61 valence electrons. The summed E-state index contributed by atoms with van der Waals surface area (Å²) in [6, 6.07) is 7.43. The van der Waals surface area contributed by atoms with Crippen LogP contribution in [0.2, 0.25) is 0 Å². The Hall–Kier alpha value is -1.53. The van der Waals surface area contributed by atoms with Gasteiger partial charge in [-0.05, 0) is 24.6 Å². The summed E-state index contributed by atoms with van der Waals surface area (Å²) < 4.78 is 4.99. The van der Waals surface area contributed by atoms with Crippen LogP contribution in [0.4, 0.5) is 0 Å². The number of hydrogen-bond acceptors (Lipinski definition) is 1. The Labute approximate surface area is 72.0 Å². The Kier molecular flexibility index (Phi) is 2.67. The van der Waals surface area contributed by atoms with E-state index < -0.39 is 0 Å². The van der Waals surface area contributed by atoms with Crippen LogP contribution in [0.3, 0.4) is 0 Å². The summed E-state index contributed by atoms with van der Waals surface area (Å²) in [4.78, 5) is 0. The van der Waals surface area contributed by atoms with Crippen LogP contribution in [-0.4, -0.2) is 13.0 Å². The maximum Gasteiger partial charge on any atom is 0.118 e. The van der Waals surface area contributed by atoms with Crippen molar-refractivity contribution in [2.24, 2.45) is 0 Å². The van der Waals surface area contributed by atoms with Gasteiger partial charge >= 0.3 is 0 Å². The second-order valence-corrected chi connectivity index (χ2v) is 2.47. The molecule has 0 saturated heterocycles. The Morgan fingerprint density at radius 2 is 1.92 bits per heavy atom. The normalized spacial score (nSPS) is 8.83. The third-order valence-electron chi connectivity index (χ3n) is 1.69. The van der Waals surface area contributed by atoms with Gasteiger partial charge in [0.05, 0.1) is 7.11 Å². The van der Waals surface area contributed by atoms with Crippen molar-refractivity contribution in [2.75, 3.05) is 7.11 Å². The molecule has 0 aliphatic heterocycles. The fourth-order valence-electron chi connectivity index (χ4n) is 0.906. The first-order valence-electron chi connectivity index (χ1n) is 3.66. The van der Waals surface area contributed by atoms with E-state index in [0.29, 0.717) is 0 Å². The SMILES string of the molecule is COc1ccc(C(C)=C=[N])cc1. The molecule has 0 spiro atoms. The average Bonchev–Trinajstić information content (AvgIpc) is 2.17. The molecular weight excluding hydrogens is 150 g/mol. The van der Waals surface area contributed by atoms with Gasteiger partial charge in [-0.1, -0.05) is 17.5 Å². The van der Waals surface area contributed by atoms with Gasteiger partial charge in [-0.15, -0.1) is 0 Å². The van der Waals surface area contributed by atoms with Crippen molar-refractivity contribution in [2.45, 2.75) is 6.92 Å². The molecule has 0 aliphatic carbocycles. The van der Waals surface area contributed by atoms with Crippen LogP contribution in [0.1, 0.15) is 12.5 Å². The number of nitrogens with zero attached hydrogens (tertiary/aromatic N) is 1. The number of ether oxygens (including phenoxy) is 1. The first kappa shape index (κ1) is 8.57. The predicted molar refractivity (Wildman–Crippen MR) is 49.2 cm³/mol. The number of allylic oxidation sites excluding steroid dienone is 1. The Bertz CT molecular complexity index is 307. The summed E-state index contributed by atoms with van der Waals surface area (Å²) in [5, 5.41) is 8.60. The standard InChI is InChI=1S/C10H10NO/c1-8(7-11)9-3-5-10(12-2)6-4-9/h3-6H,1-2H3. The summed E-state index contributed by atoms with van der Waals surface area (Å²) in [5.41, 5.74) is 1.66. The van der Waals surface area contributed by atoms with E-state index in [2.05, 4.69) is 5.87 Å². The van der Waals surface area contributed by atoms with Gasteiger partial charge in [-0.3, -0.25) is 0 Å². The molecule has 0 bridgehead atoms. The van der Waals surface area contributed by atoms with Gasteiger partial charge in [0.1, 0.15) is 5.75 Å². The van der Waals surface area contributed by atoms with E-state index in [1.807, 2.05) is 24.3 Å². The molecule has 0 saturated carbocycles. The first-order chi connectivity index (χ1) is 5.77. The van der Waals surface area contributed by atoms with Crippen molar-refractivity contribution < 1.29 is 4.74 Å². The van der Waals surface area contributed by atoms with Gasteiger partial charge in [-0.25, -0.2) is 0 Å². The summed E-state index contributed by atoms with van der Waals surface area (Å²) in [7, 11) is 1.62. The smallest absolute Gasteiger partial charge is 0.118 e. The van der Waals surface area contributed by atoms with E-state index in [4.69, 9.17) is 10.1 Å². The zero-order valence-electron chi connectivity index (χ0n) is 7.16. The lowest BCUT2D eigenvalue weighted by atomic mass is 10.1. The van der Waals surface area contributed by atoms with Crippen LogP contribution in [0.5, 0.6) is 5.75 Å². The fourth-order valence-corrected chi connectivity index (χ4v) is 0.906. The minimum atomic E-state index is 0.720. The highest BCUT2D eigenvalue weighted by Gasteiger charge is 1.94. The number of hydrogen-bond donors (Lipinski definition) is 0. The van der Waals surface area contributed by atoms with Crippen LogP contribution in [0, 0.1) is 0 Å². The monoisotopic (exact) mass is 160 g/mol. The van der Waals surface area contributed by atoms with Gasteiger partial charge in [0, 0.05) is 11.4 Å². The molecular formula is C10H10NO. The van der Waals surface area contributed by atoms with E-state index >= 15 is 0 Å². The lowest BCUT2D eigenvalue weighted by molar-refractivity contribution is 0.415. The highest BCUT2D eigenvalue weighted by Crippen LogP contribution is 2.15. The maximum atomic E-state index is 8.60. The molecule has 2 heteroatoms. The summed E-state index contributed by atoms with van der Waals surface area (Å²) in [6.45, 7) is 1.79. The number of benzene rings is 1. The topological polar surface area (TPSA) is 31.5 Å². The number of methoxy groups -OCH3 is 1. The summed E-state index contributed by atoms with van der Waals surface area (Å²) in [6.07, 6.45) is 0. The molecule has 0 aromatic heterocycles. The van der Waals surface area contributed by atoms with Gasteiger partial charge in [0.2, 0.25) is 0 Å². The second-order valence-electron chi connectivity index (χ2n) is 2.47. The molecule has 0 aliphatic rings. The van der Waals surface area contributed by atoms with Crippen LogP contribution in [0.25, 0.3) is 5.57 Å². The van der Waals surface area contributed by atoms with Crippen molar-refractivity contribution in [3.8, 4) is 5.75 Å². The molecule has 0 heterocycles. The Balaban J connectivity index is 3.00. The van der Waals surface area contributed by atoms with Gasteiger partial charge in [-0.2, -0.15) is 0 Å². The molecule has 0 amide bonds. The zero-order valence-corrected chi connectivity index (χ0v) is 7.16. The third kappa shape index (κ3) is 1.74. The molecule has 1 radical (unpaired) electrons. The van der Waals surface area contributed by atoms with Crippen LogP contribution < -0.4 is 10.1 Å². The molecule has 1 aromatic carbocycles. The lowest BCUT2D eigenvalue weighted by Gasteiger charge is -2.00. The summed E-state index contributed by atoms with van der Waals surface area (Å²) >= 11 is 0. The Morgan fingerprint density at radius 3 is 2.33 bits per heavy atom. The van der Waals surface area contributed by atoms with Crippen molar-refractivity contribution in [1.82, 2.24) is 5.41 Å². The minimum Gasteiger partial charge on any atom is -0.497 e. The molecule has 1 rings (SSSR count). The van der Waals surface area contributed by atoms with E-state index in [-0.39, 0.29) is 0 Å². The van der Waals surface area contributed by atoms with Crippen LogP contribution >= 0.6 is 0 Å². The van der Waals surface area contributed by atoms with Crippen molar-refractivity contribution in [3.63, 3.8) is 0 Å². The predicted octanol–water partition coefficient (Wildman–Crippen LogP) is 1.57. The highest BCUT2D eigenvalue weighted by atomic mass is 16.5. The van der Waals surface area contributed by atoms with E-state index in [9.17, 15) is 0 Å². The fraction of sp³-hybridized carbons (Fsp3) is 0.200. The molecule has 12 heavy (non-hydrogen) atoms. The van der Waals surface area contributed by atoms with E-state index in [0.717, 1.165) is 16.9 Å². The number of rotatable bonds is 2. The van der Waals surface area contributed by atoms with Crippen molar-refractivity contribution in [1.29, 1.82) is 0 Å². The average molecular weight is 160 g/mol. The third-order valence-corrected chi connectivity index (χ3v) is 1.69. The highest BCUT2D eigenvalue weighted by molar-refractivity contribution is 5.87. The summed E-state index contributed by atoms with van der Waals surface area (Å²) in [5.74, 6) is 2.90. The lowest BCUT2D eigenvalue weighted by Crippen LogP contribution is -1.84. The van der Waals surface area contributed by atoms with E-state index in [1.54, 1.807) is 14.0 Å². The molecule has 1 aromatic rings. The second kappa shape index (κ2) is 3.74. The molecule has 2 nitrogen and oxygen atoms in total. The van der Waals surface area contributed by atoms with Gasteiger partial charge in [0.25, 0.3) is 0 Å². The van der Waals surface area contributed by atoms with Crippen LogP contribution in [-0.2, 0) is 0 Å². The van der Waals surface area contributed by atoms with Crippen molar-refractivity contribution in [3.05, 3.63) is 29.8 Å². The molecule has 0 fully saturated rings.